The van der Waals surface area contributed by atoms with Crippen LogP contribution in [0, 0.1) is 0 Å². The van der Waals surface area contributed by atoms with E-state index in [-0.39, 0.29) is 55.2 Å². The molecule has 8 rings (SSSR count). The van der Waals surface area contributed by atoms with Crippen LogP contribution in [0.5, 0.6) is 23.0 Å². The number of hydrogen-bond donors (Lipinski definition) is 5. The van der Waals surface area contributed by atoms with Gasteiger partial charge in [0.25, 0.3) is 0 Å². The highest BCUT2D eigenvalue weighted by Crippen LogP contribution is 2.58. The van der Waals surface area contributed by atoms with Crippen molar-refractivity contribution < 1.29 is 30.3 Å². The van der Waals surface area contributed by atoms with Gasteiger partial charge in [0, 0.05) is 35.3 Å². The highest BCUT2D eigenvalue weighted by atomic mass is 16.3. The number of urea groups is 1. The zero-order valence-electron chi connectivity index (χ0n) is 22.0. The van der Waals surface area contributed by atoms with Gasteiger partial charge in [-0.3, -0.25) is 9.80 Å². The average Bonchev–Trinajstić information content (AvgIpc) is 3.15. The molecular formula is C30H28N4O6. The van der Waals surface area contributed by atoms with Gasteiger partial charge in [-0.15, -0.1) is 0 Å². The SMILES string of the molecule is C[C@]12N3Cc4c(O)ccc5ccc(O)c(c45)CN1C(O)N1Cc4c(O)ccc5ccc(O)c(c45)CN(C3=O)[C@]12C. The first-order valence-electron chi connectivity index (χ1n) is 13.3. The first kappa shape index (κ1) is 23.6. The molecule has 4 heterocycles. The third kappa shape index (κ3) is 2.48. The number of aromatic hydroxyl groups is 4. The fourth-order valence-electron chi connectivity index (χ4n) is 7.81. The predicted octanol–water partition coefficient (Wildman–Crippen LogP) is 3.61. The number of phenolic OH excluding ortho intramolecular Hbond substituents is 4. The Morgan fingerprint density at radius 2 is 0.925 bits per heavy atom. The summed E-state index contributed by atoms with van der Waals surface area (Å²) >= 11 is 0. The second kappa shape index (κ2) is 7.28. The molecule has 0 aliphatic carbocycles. The lowest BCUT2D eigenvalue weighted by atomic mass is 9.88. The Kier molecular flexibility index (Phi) is 4.30. The summed E-state index contributed by atoms with van der Waals surface area (Å²) in [7, 11) is 0. The number of phenols is 4. The van der Waals surface area contributed by atoms with E-state index in [0.717, 1.165) is 10.8 Å². The molecule has 2 fully saturated rings. The van der Waals surface area contributed by atoms with Crippen LogP contribution in [0.4, 0.5) is 4.79 Å². The lowest BCUT2D eigenvalue weighted by Crippen LogP contribution is -2.64. The Morgan fingerprint density at radius 3 is 1.27 bits per heavy atom. The molecule has 10 heteroatoms. The molecule has 10 nitrogen and oxygen atoms in total. The Balaban J connectivity index is 1.43. The van der Waals surface area contributed by atoms with Crippen LogP contribution in [-0.4, -0.2) is 68.8 Å². The summed E-state index contributed by atoms with van der Waals surface area (Å²) in [6.45, 7) is 4.04. The Labute approximate surface area is 229 Å². The number of carbonyl (C=O) groups is 1. The van der Waals surface area contributed by atoms with Crippen molar-refractivity contribution in [3.8, 4) is 23.0 Å². The van der Waals surface area contributed by atoms with E-state index in [2.05, 4.69) is 0 Å². The van der Waals surface area contributed by atoms with Crippen molar-refractivity contribution in [2.45, 2.75) is 57.7 Å². The molecule has 4 aromatic rings. The van der Waals surface area contributed by atoms with Crippen LogP contribution in [0.25, 0.3) is 21.5 Å². The standard InChI is InChI=1S/C30H28N4O6/c1-29-30(2)33-13-19-23(37)9-5-16-6-10-24(38)20(26(16)19)14-34(30)28(40)32(29)12-18-22(36)8-4-15-3-7-21(35)17(25(15)18)11-31(29)27(33)39/h3-10,27,35-39H,11-14H2,1-2H3/t27?,29-,30+. The monoisotopic (exact) mass is 540 g/mol. The molecule has 40 heavy (non-hydrogen) atoms. The molecule has 0 saturated carbocycles. The molecule has 204 valence electrons. The van der Waals surface area contributed by atoms with Crippen molar-refractivity contribution in [2.24, 2.45) is 0 Å². The van der Waals surface area contributed by atoms with Gasteiger partial charge in [-0.25, -0.2) is 14.6 Å². The third-order valence-corrected chi connectivity index (χ3v) is 10.1. The van der Waals surface area contributed by atoms with Gasteiger partial charge in [0.15, 0.2) is 6.35 Å². The second-order valence-electron chi connectivity index (χ2n) is 11.5. The maximum atomic E-state index is 14.5. The maximum Gasteiger partial charge on any atom is 0.323 e. The van der Waals surface area contributed by atoms with E-state index < -0.39 is 17.7 Å². The van der Waals surface area contributed by atoms with E-state index in [4.69, 9.17) is 0 Å². The number of amides is 2. The summed E-state index contributed by atoms with van der Waals surface area (Å²) in [6, 6.07) is 13.2. The Hall–Kier alpha value is -4.25. The second-order valence-corrected chi connectivity index (χ2v) is 11.5. The number of aliphatic hydroxyl groups excluding tert-OH is 1. The fourth-order valence-corrected chi connectivity index (χ4v) is 7.81. The molecule has 0 radical (unpaired) electrons. The molecule has 0 aromatic heterocycles. The van der Waals surface area contributed by atoms with Crippen LogP contribution < -0.4 is 0 Å². The van der Waals surface area contributed by atoms with Crippen molar-refractivity contribution >= 4 is 27.6 Å². The Morgan fingerprint density at radius 1 is 0.600 bits per heavy atom. The normalized spacial score (nSPS) is 27.6. The van der Waals surface area contributed by atoms with Crippen LogP contribution >= 0.6 is 0 Å². The molecule has 4 aliphatic rings. The van der Waals surface area contributed by atoms with Crippen LogP contribution in [0.1, 0.15) is 36.1 Å². The highest BCUT2D eigenvalue weighted by Gasteiger charge is 2.74. The summed E-state index contributed by atoms with van der Waals surface area (Å²) in [5, 5.41) is 59.1. The van der Waals surface area contributed by atoms with E-state index >= 15 is 0 Å². The van der Waals surface area contributed by atoms with E-state index in [1.807, 2.05) is 13.8 Å². The summed E-state index contributed by atoms with van der Waals surface area (Å²) in [5.74, 6) is 0.107. The number of aliphatic hydroxyl groups is 1. The predicted molar refractivity (Wildman–Crippen MR) is 145 cm³/mol. The number of benzene rings is 4. The lowest BCUT2D eigenvalue weighted by Gasteiger charge is -2.47. The molecule has 0 bridgehead atoms. The molecule has 4 aromatic carbocycles. The topological polar surface area (TPSA) is 131 Å². The lowest BCUT2D eigenvalue weighted by molar-refractivity contribution is -0.116. The van der Waals surface area contributed by atoms with Gasteiger partial charge in [0.1, 0.15) is 34.3 Å². The highest BCUT2D eigenvalue weighted by molar-refractivity contribution is 5.95. The van der Waals surface area contributed by atoms with Gasteiger partial charge in [0.2, 0.25) is 0 Å². The molecule has 4 aliphatic heterocycles. The molecule has 2 amide bonds. The van der Waals surface area contributed by atoms with Gasteiger partial charge < -0.3 is 25.5 Å². The minimum Gasteiger partial charge on any atom is -0.508 e. The molecule has 2 saturated heterocycles. The van der Waals surface area contributed by atoms with Crippen LogP contribution in [0.15, 0.2) is 48.5 Å². The van der Waals surface area contributed by atoms with Crippen molar-refractivity contribution in [3.63, 3.8) is 0 Å². The molecule has 1 unspecified atom stereocenters. The number of nitrogens with zero attached hydrogens (tertiary/aromatic N) is 4. The largest absolute Gasteiger partial charge is 0.508 e. The van der Waals surface area contributed by atoms with E-state index in [0.29, 0.717) is 33.0 Å². The third-order valence-electron chi connectivity index (χ3n) is 10.1. The summed E-state index contributed by atoms with van der Waals surface area (Å²) in [5.41, 5.74) is -0.114. The first-order valence-corrected chi connectivity index (χ1v) is 13.3. The molecule has 5 N–H and O–H groups in total. The van der Waals surface area contributed by atoms with Crippen molar-refractivity contribution in [1.29, 1.82) is 0 Å². The summed E-state index contributed by atoms with van der Waals surface area (Å²) < 4.78 is 0. The van der Waals surface area contributed by atoms with Crippen LogP contribution in [-0.2, 0) is 26.2 Å². The molecule has 0 spiro atoms. The van der Waals surface area contributed by atoms with Crippen molar-refractivity contribution in [1.82, 2.24) is 19.6 Å². The average molecular weight is 541 g/mol. The minimum atomic E-state index is -1.20. The van der Waals surface area contributed by atoms with Gasteiger partial charge in [-0.05, 0) is 59.7 Å². The first-order chi connectivity index (χ1) is 19.1. The number of hydrogen-bond acceptors (Lipinski definition) is 8. The Bertz CT molecular complexity index is 1690. The number of rotatable bonds is 0. The smallest absolute Gasteiger partial charge is 0.323 e. The van der Waals surface area contributed by atoms with Gasteiger partial charge in [-0.1, -0.05) is 24.3 Å². The van der Waals surface area contributed by atoms with Gasteiger partial charge in [0.05, 0.1) is 13.1 Å². The maximum absolute atomic E-state index is 14.5. The van der Waals surface area contributed by atoms with E-state index in [1.54, 1.807) is 68.1 Å². The molecule has 3 atom stereocenters. The molecular weight excluding hydrogens is 512 g/mol. The van der Waals surface area contributed by atoms with Crippen molar-refractivity contribution in [3.05, 3.63) is 70.8 Å². The zero-order valence-corrected chi connectivity index (χ0v) is 22.0. The minimum absolute atomic E-state index is 0.0174. The zero-order chi connectivity index (χ0) is 27.9. The van der Waals surface area contributed by atoms with Crippen LogP contribution in [0.2, 0.25) is 0 Å². The summed E-state index contributed by atoms with van der Waals surface area (Å²) in [4.78, 5) is 21.4. The van der Waals surface area contributed by atoms with Gasteiger partial charge in [-0.2, -0.15) is 0 Å². The van der Waals surface area contributed by atoms with Gasteiger partial charge >= 0.3 is 6.03 Å². The fraction of sp³-hybridized carbons (Fsp3) is 0.300. The van der Waals surface area contributed by atoms with Crippen molar-refractivity contribution in [2.75, 3.05) is 0 Å². The quantitative estimate of drug-likeness (QED) is 0.229. The van der Waals surface area contributed by atoms with E-state index in [9.17, 15) is 30.3 Å². The van der Waals surface area contributed by atoms with E-state index in [1.165, 1.54) is 0 Å². The number of carbonyl (C=O) groups excluding carboxylic acids is 1. The summed E-state index contributed by atoms with van der Waals surface area (Å²) in [6.07, 6.45) is -1.20. The van der Waals surface area contributed by atoms with Crippen LogP contribution in [0.3, 0.4) is 0 Å².